The highest BCUT2D eigenvalue weighted by Crippen LogP contribution is 2.41. The molecule has 3 aromatic rings. The standard InChI is InChI=1S/C29H29ClF3NO/c30-27-12-11-22(19-26(27)29(31,32)33)28(35)13-16-34(17-14-28)15-5-10-25-23-8-3-1-6-20(23)18-21-7-2-4-9-24(21)25/h1-4,6-9,11-12,19,25,35H,5,10,13-18H2. The molecule has 0 bridgehead atoms. The summed E-state index contributed by atoms with van der Waals surface area (Å²) in [5, 5.41) is 10.8. The van der Waals surface area contributed by atoms with Gasteiger partial charge in [0.25, 0.3) is 0 Å². The number of aliphatic hydroxyl groups is 1. The van der Waals surface area contributed by atoms with Gasteiger partial charge < -0.3 is 10.0 Å². The van der Waals surface area contributed by atoms with Gasteiger partial charge in [-0.1, -0.05) is 66.2 Å². The zero-order valence-electron chi connectivity index (χ0n) is 19.5. The van der Waals surface area contributed by atoms with Crippen LogP contribution in [0.2, 0.25) is 5.02 Å². The molecule has 2 nitrogen and oxygen atoms in total. The van der Waals surface area contributed by atoms with E-state index in [1.165, 1.54) is 34.4 Å². The molecule has 2 aliphatic rings. The van der Waals surface area contributed by atoms with E-state index in [0.717, 1.165) is 31.9 Å². The molecule has 0 unspecified atom stereocenters. The lowest BCUT2D eigenvalue weighted by atomic mass is 9.76. The van der Waals surface area contributed by atoms with Crippen LogP contribution in [0, 0.1) is 0 Å². The molecule has 0 amide bonds. The highest BCUT2D eigenvalue weighted by molar-refractivity contribution is 6.31. The Morgan fingerprint density at radius 1 is 0.914 bits per heavy atom. The zero-order chi connectivity index (χ0) is 24.6. The average Bonchev–Trinajstić information content (AvgIpc) is 2.84. The summed E-state index contributed by atoms with van der Waals surface area (Å²) in [4.78, 5) is 2.32. The maximum atomic E-state index is 13.3. The SMILES string of the molecule is OC1(c2ccc(Cl)c(C(F)(F)F)c2)CCN(CCCC2c3ccccc3Cc3ccccc32)CC1. The first-order valence-corrected chi connectivity index (χ1v) is 12.6. The fourth-order valence-corrected chi connectivity index (χ4v) is 5.96. The van der Waals surface area contributed by atoms with Gasteiger partial charge in [-0.3, -0.25) is 0 Å². The molecule has 0 spiro atoms. The third kappa shape index (κ3) is 5.00. The van der Waals surface area contributed by atoms with Crippen LogP contribution in [0.25, 0.3) is 0 Å². The Kier molecular flexibility index (Phi) is 6.69. The number of alkyl halides is 3. The molecule has 0 aromatic heterocycles. The molecule has 1 aliphatic carbocycles. The number of hydrogen-bond donors (Lipinski definition) is 1. The van der Waals surface area contributed by atoms with Crippen LogP contribution in [0.5, 0.6) is 0 Å². The zero-order valence-corrected chi connectivity index (χ0v) is 20.2. The summed E-state index contributed by atoms with van der Waals surface area (Å²) in [6, 6.07) is 21.2. The molecule has 0 radical (unpaired) electrons. The predicted molar refractivity (Wildman–Crippen MR) is 133 cm³/mol. The number of benzene rings is 3. The minimum atomic E-state index is -4.54. The molecule has 6 heteroatoms. The van der Waals surface area contributed by atoms with E-state index in [-0.39, 0.29) is 5.02 Å². The molecule has 1 heterocycles. The maximum Gasteiger partial charge on any atom is 0.417 e. The Bertz CT molecular complexity index is 1160. The van der Waals surface area contributed by atoms with E-state index < -0.39 is 17.3 Å². The predicted octanol–water partition coefficient (Wildman–Crippen LogP) is 7.16. The van der Waals surface area contributed by atoms with Crippen LogP contribution < -0.4 is 0 Å². The Labute approximate surface area is 209 Å². The monoisotopic (exact) mass is 499 g/mol. The van der Waals surface area contributed by atoms with Crippen molar-refractivity contribution in [1.82, 2.24) is 4.90 Å². The van der Waals surface area contributed by atoms with Crippen molar-refractivity contribution < 1.29 is 18.3 Å². The molecule has 1 aliphatic heterocycles. The minimum Gasteiger partial charge on any atom is -0.385 e. The highest BCUT2D eigenvalue weighted by Gasteiger charge is 2.38. The molecule has 1 saturated heterocycles. The third-order valence-electron chi connectivity index (χ3n) is 7.70. The van der Waals surface area contributed by atoms with E-state index >= 15 is 0 Å². The van der Waals surface area contributed by atoms with Crippen molar-refractivity contribution in [1.29, 1.82) is 0 Å². The minimum absolute atomic E-state index is 0.296. The number of hydrogen-bond acceptors (Lipinski definition) is 2. The fraction of sp³-hybridized carbons (Fsp3) is 0.379. The van der Waals surface area contributed by atoms with E-state index in [9.17, 15) is 18.3 Å². The summed E-state index contributed by atoms with van der Waals surface area (Å²) in [5.41, 5.74) is 3.79. The third-order valence-corrected chi connectivity index (χ3v) is 8.03. The average molecular weight is 500 g/mol. The lowest BCUT2D eigenvalue weighted by molar-refractivity contribution is -0.137. The lowest BCUT2D eigenvalue weighted by Gasteiger charge is -2.39. The molecule has 5 rings (SSSR count). The molecule has 0 saturated carbocycles. The second-order valence-corrected chi connectivity index (χ2v) is 10.2. The number of halogens is 4. The van der Waals surface area contributed by atoms with E-state index in [1.807, 2.05) is 0 Å². The molecule has 184 valence electrons. The molecular weight excluding hydrogens is 471 g/mol. The van der Waals surface area contributed by atoms with Crippen molar-refractivity contribution in [3.05, 3.63) is 105 Å². The van der Waals surface area contributed by atoms with Crippen LogP contribution in [-0.2, 0) is 18.2 Å². The highest BCUT2D eigenvalue weighted by atomic mass is 35.5. The maximum absolute atomic E-state index is 13.3. The lowest BCUT2D eigenvalue weighted by Crippen LogP contribution is -2.43. The van der Waals surface area contributed by atoms with Gasteiger partial charge in [-0.15, -0.1) is 0 Å². The van der Waals surface area contributed by atoms with E-state index in [0.29, 0.717) is 37.4 Å². The number of piperidine rings is 1. The van der Waals surface area contributed by atoms with Gasteiger partial charge in [0.15, 0.2) is 0 Å². The van der Waals surface area contributed by atoms with Crippen molar-refractivity contribution in [2.75, 3.05) is 19.6 Å². The van der Waals surface area contributed by atoms with Crippen LogP contribution in [0.15, 0.2) is 66.7 Å². The fourth-order valence-electron chi connectivity index (χ4n) is 5.74. The normalized spacial score (nSPS) is 18.2. The summed E-state index contributed by atoms with van der Waals surface area (Å²) in [6.45, 7) is 2.21. The van der Waals surface area contributed by atoms with Crippen molar-refractivity contribution in [3.63, 3.8) is 0 Å². The number of likely N-dealkylation sites (tertiary alicyclic amines) is 1. The van der Waals surface area contributed by atoms with Crippen LogP contribution in [0.1, 0.15) is 65.0 Å². The smallest absolute Gasteiger partial charge is 0.385 e. The van der Waals surface area contributed by atoms with Gasteiger partial charge in [-0.05, 0) is 78.6 Å². The van der Waals surface area contributed by atoms with Crippen molar-refractivity contribution in [2.24, 2.45) is 0 Å². The first kappa shape index (κ1) is 24.4. The first-order valence-electron chi connectivity index (χ1n) is 12.2. The second kappa shape index (κ2) is 9.61. The number of rotatable bonds is 5. The van der Waals surface area contributed by atoms with Crippen LogP contribution in [-0.4, -0.2) is 29.6 Å². The number of fused-ring (bicyclic) bond motifs is 2. The van der Waals surface area contributed by atoms with Crippen molar-refractivity contribution in [3.8, 4) is 0 Å². The second-order valence-electron chi connectivity index (χ2n) is 9.83. The van der Waals surface area contributed by atoms with Gasteiger partial charge in [0, 0.05) is 19.0 Å². The Balaban J connectivity index is 1.21. The van der Waals surface area contributed by atoms with E-state index in [4.69, 9.17) is 11.6 Å². The summed E-state index contributed by atoms with van der Waals surface area (Å²) in [7, 11) is 0. The Hall–Kier alpha value is -2.34. The van der Waals surface area contributed by atoms with Crippen LogP contribution >= 0.6 is 11.6 Å². The van der Waals surface area contributed by atoms with E-state index in [1.54, 1.807) is 0 Å². The van der Waals surface area contributed by atoms with Gasteiger partial charge in [-0.25, -0.2) is 0 Å². The van der Waals surface area contributed by atoms with Gasteiger partial charge in [0.1, 0.15) is 0 Å². The van der Waals surface area contributed by atoms with E-state index in [2.05, 4.69) is 53.4 Å². The Morgan fingerprint density at radius 3 is 2.11 bits per heavy atom. The van der Waals surface area contributed by atoms with Gasteiger partial charge in [0.2, 0.25) is 0 Å². The molecule has 0 atom stereocenters. The molecule has 1 fully saturated rings. The quantitative estimate of drug-likeness (QED) is 0.402. The molecular formula is C29H29ClF3NO. The molecule has 35 heavy (non-hydrogen) atoms. The van der Waals surface area contributed by atoms with Gasteiger partial charge in [-0.2, -0.15) is 13.2 Å². The summed E-state index contributed by atoms with van der Waals surface area (Å²) in [5.74, 6) is 0.382. The largest absolute Gasteiger partial charge is 0.417 e. The number of nitrogens with zero attached hydrogens (tertiary/aromatic N) is 1. The molecule has 1 N–H and O–H groups in total. The van der Waals surface area contributed by atoms with Gasteiger partial charge in [0.05, 0.1) is 16.2 Å². The van der Waals surface area contributed by atoms with Gasteiger partial charge >= 0.3 is 6.18 Å². The summed E-state index contributed by atoms with van der Waals surface area (Å²) >= 11 is 5.76. The first-order chi connectivity index (χ1) is 16.7. The van der Waals surface area contributed by atoms with Crippen LogP contribution in [0.3, 0.4) is 0 Å². The van der Waals surface area contributed by atoms with Crippen molar-refractivity contribution >= 4 is 11.6 Å². The summed E-state index contributed by atoms with van der Waals surface area (Å²) < 4.78 is 39.9. The molecule has 3 aromatic carbocycles. The topological polar surface area (TPSA) is 23.5 Å². The van der Waals surface area contributed by atoms with Crippen molar-refractivity contribution in [2.45, 2.75) is 49.8 Å². The Morgan fingerprint density at radius 2 is 1.51 bits per heavy atom. The van der Waals surface area contributed by atoms with Crippen LogP contribution in [0.4, 0.5) is 13.2 Å². The summed E-state index contributed by atoms with van der Waals surface area (Å²) in [6.07, 6.45) is -0.692.